The van der Waals surface area contributed by atoms with Crippen molar-refractivity contribution in [2.75, 3.05) is 11.9 Å². The van der Waals surface area contributed by atoms with Gasteiger partial charge in [-0.3, -0.25) is 4.79 Å². The molecule has 1 amide bonds. The molecule has 0 atom stereocenters. The van der Waals surface area contributed by atoms with Gasteiger partial charge in [0.05, 0.1) is 0 Å². The number of amides is 1. The molecule has 1 rings (SSSR count). The predicted molar refractivity (Wildman–Crippen MR) is 58.0 cm³/mol. The molecule has 1 fully saturated rings. The first kappa shape index (κ1) is 11.0. The van der Waals surface area contributed by atoms with Gasteiger partial charge in [0.15, 0.2) is 0 Å². The molecule has 13 heavy (non-hydrogen) atoms. The first-order valence-corrected chi connectivity index (χ1v) is 6.27. The van der Waals surface area contributed by atoms with E-state index >= 15 is 0 Å². The van der Waals surface area contributed by atoms with Gasteiger partial charge < -0.3 is 5.32 Å². The smallest absolute Gasteiger partial charge is 0.220 e. The van der Waals surface area contributed by atoms with Gasteiger partial charge in [0.1, 0.15) is 0 Å². The van der Waals surface area contributed by atoms with Gasteiger partial charge in [-0.25, -0.2) is 0 Å². The highest BCUT2D eigenvalue weighted by molar-refractivity contribution is 9.09. The molecule has 0 saturated heterocycles. The molecule has 0 bridgehead atoms. The number of hydrogen-bond acceptors (Lipinski definition) is 1. The maximum absolute atomic E-state index is 11.2. The highest BCUT2D eigenvalue weighted by atomic mass is 79.9. The zero-order chi connectivity index (χ0) is 9.52. The van der Waals surface area contributed by atoms with Crippen LogP contribution in [0.3, 0.4) is 0 Å². The normalized spacial score (nSPS) is 15.8. The average molecular weight is 248 g/mol. The summed E-state index contributed by atoms with van der Waals surface area (Å²) in [5.41, 5.74) is 0. The summed E-state index contributed by atoms with van der Waals surface area (Å²) in [6.45, 7) is 0.860. The molecular weight excluding hydrogens is 230 g/mol. The van der Waals surface area contributed by atoms with Crippen molar-refractivity contribution in [3.05, 3.63) is 0 Å². The highest BCUT2D eigenvalue weighted by Crippen LogP contribution is 2.31. The minimum absolute atomic E-state index is 0.251. The van der Waals surface area contributed by atoms with Crippen molar-refractivity contribution in [1.29, 1.82) is 0 Å². The van der Waals surface area contributed by atoms with Crippen LogP contribution in [0.1, 0.15) is 38.5 Å². The third kappa shape index (κ3) is 6.08. The van der Waals surface area contributed by atoms with Gasteiger partial charge in [0.25, 0.3) is 0 Å². The molecule has 1 N–H and O–H groups in total. The van der Waals surface area contributed by atoms with E-state index in [2.05, 4.69) is 21.2 Å². The molecule has 2 nitrogen and oxygen atoms in total. The first-order chi connectivity index (χ1) is 6.33. The average Bonchev–Trinajstić information content (AvgIpc) is 2.88. The molecule has 0 radical (unpaired) electrons. The van der Waals surface area contributed by atoms with Crippen LogP contribution in [-0.2, 0) is 4.79 Å². The molecule has 1 aliphatic rings. The van der Waals surface area contributed by atoms with Crippen molar-refractivity contribution >= 4 is 21.8 Å². The second-order valence-electron chi connectivity index (χ2n) is 3.75. The van der Waals surface area contributed by atoms with E-state index in [0.29, 0.717) is 5.92 Å². The summed E-state index contributed by atoms with van der Waals surface area (Å²) < 4.78 is 0. The van der Waals surface area contributed by atoms with Gasteiger partial charge in [-0.05, 0) is 31.6 Å². The standard InChI is InChI=1S/C10H18BrNO/c11-6-2-1-3-7-12-10(13)8-9-4-5-9/h9H,1-8H2,(H,12,13). The Bertz CT molecular complexity index is 157. The van der Waals surface area contributed by atoms with Gasteiger partial charge in [-0.15, -0.1) is 0 Å². The van der Waals surface area contributed by atoms with E-state index in [4.69, 9.17) is 0 Å². The minimum atomic E-state index is 0.251. The Hall–Kier alpha value is -0.0500. The van der Waals surface area contributed by atoms with Gasteiger partial charge in [-0.1, -0.05) is 22.4 Å². The Morgan fingerprint density at radius 3 is 2.69 bits per heavy atom. The summed E-state index contributed by atoms with van der Waals surface area (Å²) >= 11 is 3.38. The molecule has 1 saturated carbocycles. The van der Waals surface area contributed by atoms with E-state index in [9.17, 15) is 4.79 Å². The van der Waals surface area contributed by atoms with Crippen LogP contribution >= 0.6 is 15.9 Å². The van der Waals surface area contributed by atoms with Crippen molar-refractivity contribution in [2.45, 2.75) is 38.5 Å². The number of carbonyl (C=O) groups excluding carboxylic acids is 1. The van der Waals surface area contributed by atoms with E-state index in [1.807, 2.05) is 0 Å². The van der Waals surface area contributed by atoms with Gasteiger partial charge in [0.2, 0.25) is 5.91 Å². The van der Waals surface area contributed by atoms with E-state index in [1.165, 1.54) is 25.7 Å². The second kappa shape index (κ2) is 6.41. The minimum Gasteiger partial charge on any atom is -0.356 e. The van der Waals surface area contributed by atoms with E-state index in [-0.39, 0.29) is 5.91 Å². The molecule has 0 spiro atoms. The summed E-state index contributed by atoms with van der Waals surface area (Å²) in [6, 6.07) is 0. The van der Waals surface area contributed by atoms with Crippen molar-refractivity contribution in [2.24, 2.45) is 5.92 Å². The Morgan fingerprint density at radius 2 is 2.08 bits per heavy atom. The lowest BCUT2D eigenvalue weighted by Gasteiger charge is -2.03. The number of carbonyl (C=O) groups is 1. The quantitative estimate of drug-likeness (QED) is 0.544. The number of rotatable bonds is 7. The second-order valence-corrected chi connectivity index (χ2v) is 4.54. The molecule has 0 aromatic rings. The number of alkyl halides is 1. The van der Waals surface area contributed by atoms with Crippen molar-refractivity contribution in [3.8, 4) is 0 Å². The fourth-order valence-electron chi connectivity index (χ4n) is 1.28. The predicted octanol–water partition coefficient (Wildman–Crippen LogP) is 2.47. The number of hydrogen-bond donors (Lipinski definition) is 1. The van der Waals surface area contributed by atoms with E-state index in [0.717, 1.165) is 24.7 Å². The Labute approximate surface area is 88.6 Å². The summed E-state index contributed by atoms with van der Waals surface area (Å²) in [6.07, 6.45) is 6.81. The topological polar surface area (TPSA) is 29.1 Å². The van der Waals surface area contributed by atoms with Gasteiger partial charge in [-0.2, -0.15) is 0 Å². The summed E-state index contributed by atoms with van der Waals surface area (Å²) in [5, 5.41) is 4.03. The van der Waals surface area contributed by atoms with Crippen molar-refractivity contribution in [3.63, 3.8) is 0 Å². The van der Waals surface area contributed by atoms with Crippen molar-refractivity contribution < 1.29 is 4.79 Å². The van der Waals surface area contributed by atoms with Crippen LogP contribution in [0.15, 0.2) is 0 Å². The van der Waals surface area contributed by atoms with Crippen LogP contribution in [0.2, 0.25) is 0 Å². The molecule has 0 aliphatic heterocycles. The third-order valence-electron chi connectivity index (χ3n) is 2.30. The molecule has 0 aromatic heterocycles. The molecular formula is C10H18BrNO. The zero-order valence-corrected chi connectivity index (χ0v) is 9.61. The van der Waals surface area contributed by atoms with Crippen LogP contribution in [0.5, 0.6) is 0 Å². The Morgan fingerprint density at radius 1 is 1.31 bits per heavy atom. The number of halogens is 1. The molecule has 0 unspecified atom stereocenters. The fraction of sp³-hybridized carbons (Fsp3) is 0.900. The maximum Gasteiger partial charge on any atom is 0.220 e. The summed E-state index contributed by atoms with van der Waals surface area (Å²) in [5.74, 6) is 0.962. The Kier molecular flexibility index (Phi) is 5.44. The number of nitrogens with one attached hydrogen (secondary N) is 1. The largest absolute Gasteiger partial charge is 0.356 e. The van der Waals surface area contributed by atoms with E-state index < -0.39 is 0 Å². The van der Waals surface area contributed by atoms with E-state index in [1.54, 1.807) is 0 Å². The third-order valence-corrected chi connectivity index (χ3v) is 2.86. The monoisotopic (exact) mass is 247 g/mol. The van der Waals surface area contributed by atoms with Gasteiger partial charge >= 0.3 is 0 Å². The SMILES string of the molecule is O=C(CC1CC1)NCCCCCBr. The molecule has 0 aromatic carbocycles. The first-order valence-electron chi connectivity index (χ1n) is 5.15. The molecule has 76 valence electrons. The lowest BCUT2D eigenvalue weighted by Crippen LogP contribution is -2.24. The lowest BCUT2D eigenvalue weighted by atomic mass is 10.2. The van der Waals surface area contributed by atoms with Gasteiger partial charge in [0, 0.05) is 18.3 Å². The maximum atomic E-state index is 11.2. The van der Waals surface area contributed by atoms with Crippen LogP contribution < -0.4 is 5.32 Å². The Balaban J connectivity index is 1.83. The highest BCUT2D eigenvalue weighted by Gasteiger charge is 2.23. The van der Waals surface area contributed by atoms with Crippen molar-refractivity contribution in [1.82, 2.24) is 5.32 Å². The zero-order valence-electron chi connectivity index (χ0n) is 8.02. The van der Waals surface area contributed by atoms with Crippen LogP contribution in [0.25, 0.3) is 0 Å². The van der Waals surface area contributed by atoms with Crippen LogP contribution in [0.4, 0.5) is 0 Å². The molecule has 0 heterocycles. The summed E-state index contributed by atoms with van der Waals surface area (Å²) in [4.78, 5) is 11.2. The van der Waals surface area contributed by atoms with Crippen LogP contribution in [-0.4, -0.2) is 17.8 Å². The van der Waals surface area contributed by atoms with Crippen LogP contribution in [0, 0.1) is 5.92 Å². The molecule has 3 heteroatoms. The molecule has 1 aliphatic carbocycles. The fourth-order valence-corrected chi connectivity index (χ4v) is 1.68. The lowest BCUT2D eigenvalue weighted by molar-refractivity contribution is -0.121. The summed E-state index contributed by atoms with van der Waals surface area (Å²) in [7, 11) is 0. The number of unbranched alkanes of at least 4 members (excludes halogenated alkanes) is 2.